The van der Waals surface area contributed by atoms with E-state index in [1.54, 1.807) is 0 Å². The van der Waals surface area contributed by atoms with Crippen molar-refractivity contribution in [2.45, 2.75) is 39.1 Å². The van der Waals surface area contributed by atoms with Crippen molar-refractivity contribution >= 4 is 25.4 Å². The van der Waals surface area contributed by atoms with Gasteiger partial charge in [0.05, 0.1) is 0 Å². The molecule has 0 heterocycles. The third-order valence-electron chi connectivity index (χ3n) is 2.06. The molecule has 0 fully saturated rings. The van der Waals surface area contributed by atoms with Crippen LogP contribution in [-0.2, 0) is 9.53 Å². The van der Waals surface area contributed by atoms with E-state index >= 15 is 0 Å². The van der Waals surface area contributed by atoms with Gasteiger partial charge in [-0.25, -0.2) is 0 Å². The van der Waals surface area contributed by atoms with Gasteiger partial charge < -0.3 is 0 Å². The van der Waals surface area contributed by atoms with E-state index in [0.717, 1.165) is 5.32 Å². The van der Waals surface area contributed by atoms with Crippen LogP contribution in [-0.4, -0.2) is 27.0 Å². The zero-order valence-corrected chi connectivity index (χ0v) is 13.6. The Hall–Kier alpha value is -1.23. The Morgan fingerprint density at radius 2 is 1.95 bits per heavy atom. The van der Waals surface area contributed by atoms with Gasteiger partial charge in [0.25, 0.3) is 0 Å². The van der Waals surface area contributed by atoms with E-state index < -0.39 is 0 Å². The molecule has 1 aromatic carbocycles. The van der Waals surface area contributed by atoms with Crippen molar-refractivity contribution in [1.29, 1.82) is 0 Å². The number of carbonyl (C=O) groups excluding carboxylic acids is 1. The summed E-state index contributed by atoms with van der Waals surface area (Å²) in [6, 6.07) is 10.3. The summed E-state index contributed by atoms with van der Waals surface area (Å²) in [7, 11) is 0. The van der Waals surface area contributed by atoms with Gasteiger partial charge in [-0.15, -0.1) is 0 Å². The summed E-state index contributed by atoms with van der Waals surface area (Å²) in [5.41, 5.74) is -0.0713. The van der Waals surface area contributed by atoms with Crippen LogP contribution in [0.4, 0.5) is 0 Å². The van der Waals surface area contributed by atoms with Crippen LogP contribution in [0.3, 0.4) is 0 Å². The van der Waals surface area contributed by atoms with Gasteiger partial charge in [-0.3, -0.25) is 0 Å². The van der Waals surface area contributed by atoms with Crippen molar-refractivity contribution in [1.82, 2.24) is 0 Å². The van der Waals surface area contributed by atoms with Crippen LogP contribution < -0.4 is 4.46 Å². The Labute approximate surface area is 122 Å². The minimum absolute atomic E-state index is 0.0713. The minimum atomic E-state index is -0.295. The van der Waals surface area contributed by atoms with Crippen LogP contribution >= 0.6 is 0 Å². The summed E-state index contributed by atoms with van der Waals surface area (Å²) in [6.45, 7) is 7.58. The first-order valence-corrected chi connectivity index (χ1v) is 8.31. The molecule has 0 saturated carbocycles. The predicted molar refractivity (Wildman–Crippen MR) is 79.4 cm³/mol. The average Bonchev–Trinajstić information content (AvgIpc) is 2.32. The van der Waals surface area contributed by atoms with E-state index in [1.165, 1.54) is 11.4 Å². The molecular formula is C16H20O2Se. The maximum atomic E-state index is 11.1. The third-order valence-corrected chi connectivity index (χ3v) is 4.32. The summed E-state index contributed by atoms with van der Waals surface area (Å²) < 4.78 is 6.57. The van der Waals surface area contributed by atoms with Gasteiger partial charge in [0, 0.05) is 0 Å². The van der Waals surface area contributed by atoms with Gasteiger partial charge in [-0.2, -0.15) is 0 Å². The quantitative estimate of drug-likeness (QED) is 0.483. The van der Waals surface area contributed by atoms with E-state index in [0.29, 0.717) is 0 Å². The van der Waals surface area contributed by atoms with Crippen LogP contribution in [0, 0.1) is 17.3 Å². The summed E-state index contributed by atoms with van der Waals surface area (Å²) in [5, 5.41) is 0.791. The molecule has 0 aliphatic rings. The molecule has 0 aliphatic heterocycles. The molecule has 0 amide bonds. The van der Waals surface area contributed by atoms with Crippen molar-refractivity contribution < 1.29 is 9.53 Å². The Morgan fingerprint density at radius 1 is 1.32 bits per heavy atom. The van der Waals surface area contributed by atoms with Crippen molar-refractivity contribution in [2.75, 3.05) is 0 Å². The summed E-state index contributed by atoms with van der Waals surface area (Å²) in [5.74, 6) is 5.96. The molecule has 0 aromatic heterocycles. The van der Waals surface area contributed by atoms with Crippen LogP contribution in [0.1, 0.15) is 27.7 Å². The zero-order valence-electron chi connectivity index (χ0n) is 11.9. The van der Waals surface area contributed by atoms with Gasteiger partial charge >= 0.3 is 122 Å². The van der Waals surface area contributed by atoms with E-state index in [9.17, 15) is 4.79 Å². The summed E-state index contributed by atoms with van der Waals surface area (Å²) in [4.78, 5) is 11.1. The van der Waals surface area contributed by atoms with Gasteiger partial charge in [0.15, 0.2) is 0 Å². The maximum absolute atomic E-state index is 11.1. The normalized spacial score (nSPS) is 12.2. The second-order valence-electron chi connectivity index (χ2n) is 5.24. The second kappa shape index (κ2) is 7.38. The molecule has 3 heteroatoms. The second-order valence-corrected chi connectivity index (χ2v) is 7.54. The number of hydrogen-bond donors (Lipinski definition) is 0. The van der Waals surface area contributed by atoms with E-state index in [-0.39, 0.29) is 32.4 Å². The number of rotatable bonds is 4. The monoisotopic (exact) mass is 324 g/mol. The van der Waals surface area contributed by atoms with Gasteiger partial charge in [-0.1, -0.05) is 0 Å². The molecule has 0 radical (unpaired) electrons. The molecule has 0 N–H and O–H groups in total. The molecule has 0 spiro atoms. The zero-order chi connectivity index (χ0) is 14.3. The van der Waals surface area contributed by atoms with Crippen molar-refractivity contribution in [3.05, 3.63) is 30.3 Å². The third kappa shape index (κ3) is 7.72. The Bertz CT molecular complexity index is 463. The van der Waals surface area contributed by atoms with Crippen molar-refractivity contribution in [3.63, 3.8) is 0 Å². The van der Waals surface area contributed by atoms with Crippen LogP contribution in [0.5, 0.6) is 0 Å². The fourth-order valence-electron chi connectivity index (χ4n) is 1.29. The molecule has 102 valence electrons. The van der Waals surface area contributed by atoms with Crippen molar-refractivity contribution in [2.24, 2.45) is 5.41 Å². The van der Waals surface area contributed by atoms with Gasteiger partial charge in [0.1, 0.15) is 0 Å². The summed E-state index contributed by atoms with van der Waals surface area (Å²) >= 11 is 0.272. The summed E-state index contributed by atoms with van der Waals surface area (Å²) in [6.07, 6.45) is -0.295. The van der Waals surface area contributed by atoms with Gasteiger partial charge in [-0.05, 0) is 0 Å². The molecule has 19 heavy (non-hydrogen) atoms. The van der Waals surface area contributed by atoms with Crippen molar-refractivity contribution in [3.8, 4) is 11.8 Å². The van der Waals surface area contributed by atoms with Crippen LogP contribution in [0.25, 0.3) is 0 Å². The molecule has 1 unspecified atom stereocenters. The number of benzene rings is 1. The average molecular weight is 323 g/mol. The Balaban J connectivity index is 2.64. The molecule has 1 aromatic rings. The fourth-order valence-corrected chi connectivity index (χ4v) is 3.06. The topological polar surface area (TPSA) is 26.3 Å². The SMILES string of the molecule is CC(=O)OC(C#CC(C)(C)C)C[Se]c1ccccc1. The number of ether oxygens (including phenoxy) is 1. The first-order valence-electron chi connectivity index (χ1n) is 6.24. The molecular weight excluding hydrogens is 303 g/mol. The Morgan fingerprint density at radius 3 is 2.47 bits per heavy atom. The molecule has 0 aliphatic carbocycles. The first-order chi connectivity index (χ1) is 8.87. The molecule has 0 bridgehead atoms. The van der Waals surface area contributed by atoms with Gasteiger partial charge in [0.2, 0.25) is 0 Å². The number of carbonyl (C=O) groups is 1. The number of hydrogen-bond acceptors (Lipinski definition) is 2. The number of esters is 1. The molecule has 1 rings (SSSR count). The van der Waals surface area contributed by atoms with E-state index in [2.05, 4.69) is 24.0 Å². The molecule has 2 nitrogen and oxygen atoms in total. The molecule has 1 atom stereocenters. The van der Waals surface area contributed by atoms with E-state index in [4.69, 9.17) is 4.74 Å². The first kappa shape index (κ1) is 15.8. The standard InChI is InChI=1S/C16H20O2Se/c1-13(17)18-14(10-11-16(2,3)4)12-19-15-8-6-5-7-9-15/h5-9,14H,12H2,1-4H3. The van der Waals surface area contributed by atoms with E-state index in [1.807, 2.05) is 39.0 Å². The Kier molecular flexibility index (Phi) is 6.15. The fraction of sp³-hybridized carbons (Fsp3) is 0.438. The predicted octanol–water partition coefficient (Wildman–Crippen LogP) is 2.42. The molecule has 0 saturated heterocycles. The van der Waals surface area contributed by atoms with Crippen LogP contribution in [0.15, 0.2) is 30.3 Å². The van der Waals surface area contributed by atoms with Crippen LogP contribution in [0.2, 0.25) is 5.32 Å².